The van der Waals surface area contributed by atoms with E-state index in [1.54, 1.807) is 44.8 Å². The number of aromatic nitrogens is 5. The van der Waals surface area contributed by atoms with Crippen molar-refractivity contribution < 1.29 is 22.7 Å². The molecule has 8 nitrogen and oxygen atoms in total. The van der Waals surface area contributed by atoms with Crippen LogP contribution in [0.1, 0.15) is 64.4 Å². The highest BCUT2D eigenvalue weighted by Crippen LogP contribution is 2.44. The van der Waals surface area contributed by atoms with Gasteiger partial charge in [0.2, 0.25) is 0 Å². The van der Waals surface area contributed by atoms with Gasteiger partial charge in [-0.15, -0.1) is 0 Å². The number of carbonyl (C=O) groups is 1. The Morgan fingerprint density at radius 1 is 1.17 bits per heavy atom. The highest BCUT2D eigenvalue weighted by molar-refractivity contribution is 5.84. The van der Waals surface area contributed by atoms with E-state index in [4.69, 9.17) is 4.74 Å². The molecule has 0 amide bonds. The van der Waals surface area contributed by atoms with Crippen LogP contribution < -0.4 is 4.74 Å². The fourth-order valence-electron chi connectivity index (χ4n) is 5.61. The first-order valence-electron chi connectivity index (χ1n) is 14.1. The SMILES string of the molecule is CCn1cc(-c2cc(Cn3cnc(C)c3)cc(C=O)c2CCN(C)C(c2cc(OC)ccn2)C2CC2)c(C(F)(F)F)n1. The summed E-state index contributed by atoms with van der Waals surface area (Å²) >= 11 is 0. The summed E-state index contributed by atoms with van der Waals surface area (Å²) in [6.45, 7) is 4.77. The summed E-state index contributed by atoms with van der Waals surface area (Å²) in [6.07, 6.45) is 5.27. The first-order chi connectivity index (χ1) is 20.1. The first kappa shape index (κ1) is 29.5. The molecule has 0 aliphatic heterocycles. The van der Waals surface area contributed by atoms with E-state index < -0.39 is 11.9 Å². The van der Waals surface area contributed by atoms with Crippen LogP contribution in [-0.4, -0.2) is 56.2 Å². The van der Waals surface area contributed by atoms with E-state index in [1.165, 1.54) is 10.9 Å². The number of pyridine rings is 1. The second-order valence-electron chi connectivity index (χ2n) is 10.9. The summed E-state index contributed by atoms with van der Waals surface area (Å²) in [7, 11) is 3.61. The number of methoxy groups -OCH3 is 1. The van der Waals surface area contributed by atoms with Crippen LogP contribution in [0.15, 0.2) is 49.2 Å². The molecule has 0 saturated heterocycles. The van der Waals surface area contributed by atoms with E-state index in [9.17, 15) is 18.0 Å². The topological polar surface area (TPSA) is 78.1 Å². The van der Waals surface area contributed by atoms with Gasteiger partial charge in [-0.05, 0) is 81.0 Å². The Hall–Kier alpha value is -3.99. The number of rotatable bonds is 12. The lowest BCUT2D eigenvalue weighted by Crippen LogP contribution is -2.29. The number of hydrogen-bond acceptors (Lipinski definition) is 6. The molecule has 222 valence electrons. The van der Waals surface area contributed by atoms with Crippen molar-refractivity contribution in [3.8, 4) is 16.9 Å². The molecular formula is C31H35F3N6O2. The molecule has 0 radical (unpaired) electrons. The maximum absolute atomic E-state index is 14.2. The zero-order chi connectivity index (χ0) is 30.0. The van der Waals surface area contributed by atoms with Crippen molar-refractivity contribution in [2.24, 2.45) is 5.92 Å². The molecule has 4 aromatic rings. The van der Waals surface area contributed by atoms with Crippen molar-refractivity contribution in [2.45, 2.75) is 58.4 Å². The minimum Gasteiger partial charge on any atom is -0.497 e. The Morgan fingerprint density at radius 2 is 1.95 bits per heavy atom. The van der Waals surface area contributed by atoms with E-state index in [1.807, 2.05) is 30.8 Å². The monoisotopic (exact) mass is 580 g/mol. The van der Waals surface area contributed by atoms with E-state index >= 15 is 0 Å². The van der Waals surface area contributed by atoms with Crippen LogP contribution in [0.5, 0.6) is 5.75 Å². The maximum Gasteiger partial charge on any atom is 0.435 e. The third kappa shape index (κ3) is 6.41. The number of hydrogen-bond donors (Lipinski definition) is 0. The van der Waals surface area contributed by atoms with Crippen LogP contribution in [0, 0.1) is 12.8 Å². The predicted octanol–water partition coefficient (Wildman–Crippen LogP) is 5.98. The van der Waals surface area contributed by atoms with Crippen LogP contribution >= 0.6 is 0 Å². The molecule has 1 atom stereocenters. The molecule has 0 N–H and O–H groups in total. The molecule has 1 saturated carbocycles. The Labute approximate surface area is 243 Å². The van der Waals surface area contributed by atoms with E-state index in [0.29, 0.717) is 47.7 Å². The summed E-state index contributed by atoms with van der Waals surface area (Å²) in [6, 6.07) is 7.29. The van der Waals surface area contributed by atoms with Crippen LogP contribution in [0.4, 0.5) is 13.2 Å². The molecule has 1 fully saturated rings. The molecular weight excluding hydrogens is 545 g/mol. The normalized spacial score (nSPS) is 14.4. The number of imidazole rings is 1. The molecule has 1 aliphatic carbocycles. The highest BCUT2D eigenvalue weighted by atomic mass is 19.4. The molecule has 0 bridgehead atoms. The van der Waals surface area contributed by atoms with Crippen molar-refractivity contribution in [3.63, 3.8) is 0 Å². The quantitative estimate of drug-likeness (QED) is 0.192. The van der Waals surface area contributed by atoms with Gasteiger partial charge in [0.25, 0.3) is 0 Å². The number of ether oxygens (including phenoxy) is 1. The fraction of sp³-hybridized carbons (Fsp3) is 0.419. The Kier molecular flexibility index (Phi) is 8.49. The molecule has 1 aliphatic rings. The molecule has 1 aromatic carbocycles. The van der Waals surface area contributed by atoms with Gasteiger partial charge in [-0.25, -0.2) is 4.98 Å². The minimum atomic E-state index is -4.66. The van der Waals surface area contributed by atoms with Crippen molar-refractivity contribution >= 4 is 6.29 Å². The molecule has 3 aromatic heterocycles. The molecule has 11 heteroatoms. The van der Waals surface area contributed by atoms with Crippen molar-refractivity contribution in [1.82, 2.24) is 29.2 Å². The van der Waals surface area contributed by atoms with E-state index in [2.05, 4.69) is 20.0 Å². The van der Waals surface area contributed by atoms with Crippen molar-refractivity contribution in [2.75, 3.05) is 20.7 Å². The fourth-order valence-corrected chi connectivity index (χ4v) is 5.61. The Morgan fingerprint density at radius 3 is 2.57 bits per heavy atom. The number of benzene rings is 1. The number of alkyl halides is 3. The van der Waals surface area contributed by atoms with Crippen LogP contribution in [0.25, 0.3) is 11.1 Å². The summed E-state index contributed by atoms with van der Waals surface area (Å²) in [4.78, 5) is 23.5. The number of halogens is 3. The van der Waals surface area contributed by atoms with Gasteiger partial charge in [0.1, 0.15) is 12.0 Å². The third-order valence-corrected chi connectivity index (χ3v) is 7.79. The average Bonchev–Trinajstić information content (AvgIpc) is 3.54. The van der Waals surface area contributed by atoms with Gasteiger partial charge in [-0.3, -0.25) is 19.4 Å². The number of aryl methyl sites for hydroxylation is 2. The second kappa shape index (κ2) is 12.1. The standard InChI is InChI=1S/C31H35F3N6O2/c1-5-40-17-27(30(37-40)31(32,33)34)26-13-21(16-39-15-20(2)36-19-39)12-23(18-41)25(26)9-11-38(3)29(22-6-7-22)28-14-24(42-4)8-10-35-28/h8,10,12-15,17-19,22,29H,5-7,9,11,16H2,1-4H3. The summed E-state index contributed by atoms with van der Waals surface area (Å²) in [5.41, 5.74) is 2.74. The minimum absolute atomic E-state index is 0.0260. The van der Waals surface area contributed by atoms with Crippen molar-refractivity contribution in [1.29, 1.82) is 0 Å². The van der Waals surface area contributed by atoms with Crippen LogP contribution in [0.2, 0.25) is 0 Å². The third-order valence-electron chi connectivity index (χ3n) is 7.79. The summed E-state index contributed by atoms with van der Waals surface area (Å²) in [5, 5.41) is 3.86. The average molecular weight is 581 g/mol. The van der Waals surface area contributed by atoms with Crippen molar-refractivity contribution in [3.05, 3.63) is 83.0 Å². The molecule has 1 unspecified atom stereocenters. The first-order valence-corrected chi connectivity index (χ1v) is 14.1. The van der Waals surface area contributed by atoms with E-state index in [0.717, 1.165) is 36.3 Å². The number of nitrogens with zero attached hydrogens (tertiary/aromatic N) is 6. The maximum atomic E-state index is 14.2. The highest BCUT2D eigenvalue weighted by Gasteiger charge is 2.39. The lowest BCUT2D eigenvalue weighted by Gasteiger charge is -2.28. The zero-order valence-electron chi connectivity index (χ0n) is 24.2. The second-order valence-corrected chi connectivity index (χ2v) is 10.9. The van der Waals surface area contributed by atoms with Gasteiger partial charge in [0, 0.05) is 55.4 Å². The number of carbonyl (C=O) groups excluding carboxylic acids is 1. The smallest absolute Gasteiger partial charge is 0.435 e. The van der Waals surface area contributed by atoms with Gasteiger partial charge in [0.15, 0.2) is 5.69 Å². The van der Waals surface area contributed by atoms with Crippen LogP contribution in [-0.2, 0) is 25.7 Å². The summed E-state index contributed by atoms with van der Waals surface area (Å²) in [5.74, 6) is 1.15. The largest absolute Gasteiger partial charge is 0.497 e. The van der Waals surface area contributed by atoms with Gasteiger partial charge in [-0.2, -0.15) is 18.3 Å². The zero-order valence-corrected chi connectivity index (χ0v) is 24.2. The lowest BCUT2D eigenvalue weighted by molar-refractivity contribution is -0.141. The Balaban J connectivity index is 1.55. The molecule has 5 rings (SSSR count). The van der Waals surface area contributed by atoms with E-state index in [-0.39, 0.29) is 18.2 Å². The van der Waals surface area contributed by atoms with Gasteiger partial charge in [-0.1, -0.05) is 0 Å². The molecule has 42 heavy (non-hydrogen) atoms. The predicted molar refractivity (Wildman–Crippen MR) is 152 cm³/mol. The number of aldehydes is 1. The number of likely N-dealkylation sites (N-methyl/N-ethyl adjacent to an activating group) is 1. The molecule has 0 spiro atoms. The summed E-state index contributed by atoms with van der Waals surface area (Å²) < 4.78 is 51.2. The lowest BCUT2D eigenvalue weighted by atomic mass is 9.91. The van der Waals surface area contributed by atoms with Gasteiger partial charge >= 0.3 is 6.18 Å². The Bertz CT molecular complexity index is 1560. The van der Waals surface area contributed by atoms with Gasteiger partial charge < -0.3 is 9.30 Å². The van der Waals surface area contributed by atoms with Crippen LogP contribution in [0.3, 0.4) is 0 Å². The van der Waals surface area contributed by atoms with Gasteiger partial charge in [0.05, 0.1) is 30.9 Å². The molecule has 3 heterocycles.